The fourth-order valence-electron chi connectivity index (χ4n) is 5.79. The van der Waals surface area contributed by atoms with E-state index in [9.17, 15) is 39.6 Å². The van der Waals surface area contributed by atoms with Gasteiger partial charge in [0.15, 0.2) is 5.75 Å². The second-order valence-electron chi connectivity index (χ2n) is 11.6. The number of fused-ring (bicyclic) bond motifs is 1. The third-order valence-electron chi connectivity index (χ3n) is 8.14. The number of carbonyl (C=O) groups is 1. The van der Waals surface area contributed by atoms with E-state index in [0.717, 1.165) is 24.3 Å². The molecule has 3 N–H and O–H groups in total. The number of hydrogen-bond donors (Lipinski definition) is 2. The van der Waals surface area contributed by atoms with Crippen LogP contribution in [-0.4, -0.2) is 66.6 Å². The van der Waals surface area contributed by atoms with E-state index in [1.165, 1.54) is 41.6 Å². The van der Waals surface area contributed by atoms with Gasteiger partial charge in [0.2, 0.25) is 0 Å². The Morgan fingerprint density at radius 1 is 0.843 bits per heavy atom. The van der Waals surface area contributed by atoms with E-state index in [1.54, 1.807) is 35.2 Å². The summed E-state index contributed by atoms with van der Waals surface area (Å²) in [5, 5.41) is 0.708. The lowest BCUT2D eigenvalue weighted by Crippen LogP contribution is -2.48. The molecular weight excluding hydrogens is 702 g/mol. The number of anilines is 2. The smallest absolute Gasteiger partial charge is 0.404 e. The Morgan fingerprint density at radius 3 is 2.27 bits per heavy atom. The summed E-state index contributed by atoms with van der Waals surface area (Å²) < 4.78 is 115. The average Bonchev–Trinajstić information content (AvgIpc) is 3.08. The second-order valence-corrected chi connectivity index (χ2v) is 13.2. The van der Waals surface area contributed by atoms with E-state index < -0.39 is 45.5 Å². The molecule has 0 radical (unpaired) electrons. The van der Waals surface area contributed by atoms with Crippen molar-refractivity contribution in [1.82, 2.24) is 19.8 Å². The minimum atomic E-state index is -5.25. The van der Waals surface area contributed by atoms with E-state index in [1.807, 2.05) is 0 Å². The number of nitrogens with two attached hydrogens (primary N) is 1. The SMILES string of the molecule is Nc1ccc(S(=O)(=O)Nc2ccc(C(=O)N3CCN(Cc4ncccc4C(F)(F)F)CC3)cc2OC(F)(F)F)c(-c2cccc3cccnc23)c1. The van der Waals surface area contributed by atoms with Crippen LogP contribution in [0.5, 0.6) is 5.75 Å². The van der Waals surface area contributed by atoms with E-state index in [4.69, 9.17) is 5.73 Å². The van der Waals surface area contributed by atoms with Crippen LogP contribution in [0.2, 0.25) is 0 Å². The number of alkyl halides is 6. The number of piperazine rings is 1. The molecule has 1 aliphatic heterocycles. The van der Waals surface area contributed by atoms with Crippen molar-refractivity contribution in [2.75, 3.05) is 36.6 Å². The molecule has 0 unspecified atom stereocenters. The highest BCUT2D eigenvalue weighted by molar-refractivity contribution is 7.92. The molecular formula is C34H28F6N6O4S. The van der Waals surface area contributed by atoms with Gasteiger partial charge in [-0.05, 0) is 54.6 Å². The van der Waals surface area contributed by atoms with Gasteiger partial charge in [-0.1, -0.05) is 24.3 Å². The predicted octanol–water partition coefficient (Wildman–Crippen LogP) is 6.56. The number of hydrogen-bond acceptors (Lipinski definition) is 8. The van der Waals surface area contributed by atoms with Crippen molar-refractivity contribution < 1.29 is 44.3 Å². The summed E-state index contributed by atoms with van der Waals surface area (Å²) in [6.07, 6.45) is -7.06. The zero-order valence-electron chi connectivity index (χ0n) is 26.4. The van der Waals surface area contributed by atoms with Gasteiger partial charge in [-0.2, -0.15) is 13.2 Å². The van der Waals surface area contributed by atoms with Crippen LogP contribution in [0.1, 0.15) is 21.6 Å². The van der Waals surface area contributed by atoms with Gasteiger partial charge in [-0.3, -0.25) is 24.4 Å². The quantitative estimate of drug-likeness (QED) is 0.136. The summed E-state index contributed by atoms with van der Waals surface area (Å²) in [5.41, 5.74) is 5.40. The number of rotatable bonds is 8. The number of para-hydroxylation sites is 1. The first-order chi connectivity index (χ1) is 24.1. The summed E-state index contributed by atoms with van der Waals surface area (Å²) in [6, 6.07) is 17.6. The molecule has 1 amide bonds. The lowest BCUT2D eigenvalue weighted by atomic mass is 10.0. The molecule has 0 aliphatic carbocycles. The van der Waals surface area contributed by atoms with Crippen LogP contribution in [0.25, 0.3) is 22.0 Å². The summed E-state index contributed by atoms with van der Waals surface area (Å²) in [5.74, 6) is -1.66. The van der Waals surface area contributed by atoms with Gasteiger partial charge in [-0.15, -0.1) is 13.2 Å². The highest BCUT2D eigenvalue weighted by atomic mass is 32.2. The predicted molar refractivity (Wildman–Crippen MR) is 176 cm³/mol. The number of amides is 1. The number of carbonyl (C=O) groups excluding carboxylic acids is 1. The maximum atomic E-state index is 13.8. The zero-order chi connectivity index (χ0) is 36.6. The van der Waals surface area contributed by atoms with Gasteiger partial charge in [0.05, 0.1) is 27.4 Å². The van der Waals surface area contributed by atoms with E-state index in [2.05, 4.69) is 19.4 Å². The number of benzene rings is 3. The maximum Gasteiger partial charge on any atom is 0.573 e. The van der Waals surface area contributed by atoms with Crippen molar-refractivity contribution in [2.24, 2.45) is 0 Å². The molecule has 1 fully saturated rings. The van der Waals surface area contributed by atoms with Crippen LogP contribution in [0, 0.1) is 0 Å². The molecule has 5 aromatic rings. The van der Waals surface area contributed by atoms with Crippen molar-refractivity contribution >= 4 is 38.2 Å². The van der Waals surface area contributed by atoms with Crippen LogP contribution in [0.15, 0.2) is 96.2 Å². The van der Waals surface area contributed by atoms with Crippen molar-refractivity contribution in [1.29, 1.82) is 0 Å². The Balaban J connectivity index is 1.24. The number of nitrogens with zero attached hydrogens (tertiary/aromatic N) is 4. The van der Waals surface area contributed by atoms with Gasteiger partial charge in [0, 0.05) is 72.9 Å². The van der Waals surface area contributed by atoms with Crippen LogP contribution >= 0.6 is 0 Å². The third-order valence-corrected chi connectivity index (χ3v) is 9.57. The molecule has 1 saturated heterocycles. The Kier molecular flexibility index (Phi) is 9.52. The van der Waals surface area contributed by atoms with Crippen molar-refractivity contribution in [2.45, 2.75) is 24.0 Å². The molecule has 51 heavy (non-hydrogen) atoms. The Bertz CT molecular complexity index is 2200. The number of nitrogens with one attached hydrogen (secondary N) is 1. The fraction of sp³-hybridized carbons (Fsp3) is 0.206. The standard InChI is InChI=1S/C34H28F6N6O4S/c35-33(36,37)26-7-3-12-42-28(26)20-45-14-16-46(17-15-45)32(47)22-8-10-27(29(18-22)50-34(38,39)40)44-51(48,49)30-11-9-23(41)19-25(30)24-6-1-4-21-5-2-13-43-31(21)24/h1-13,18-19,44H,14-17,20,41H2. The molecule has 0 atom stereocenters. The van der Waals surface area contributed by atoms with Crippen molar-refractivity contribution in [3.63, 3.8) is 0 Å². The largest absolute Gasteiger partial charge is 0.573 e. The first kappa shape index (κ1) is 35.4. The van der Waals surface area contributed by atoms with Crippen LogP contribution in [0.3, 0.4) is 0 Å². The summed E-state index contributed by atoms with van der Waals surface area (Å²) >= 11 is 0. The maximum absolute atomic E-state index is 13.8. The number of pyridine rings is 2. The number of nitrogen functional groups attached to an aromatic ring is 1. The molecule has 266 valence electrons. The number of halogens is 6. The lowest BCUT2D eigenvalue weighted by Gasteiger charge is -2.35. The van der Waals surface area contributed by atoms with Gasteiger partial charge >= 0.3 is 12.5 Å². The lowest BCUT2D eigenvalue weighted by molar-refractivity contribution is -0.274. The molecule has 10 nitrogen and oxygen atoms in total. The van der Waals surface area contributed by atoms with Crippen LogP contribution in [0.4, 0.5) is 37.7 Å². The van der Waals surface area contributed by atoms with Crippen molar-refractivity contribution in [3.8, 4) is 16.9 Å². The molecule has 6 rings (SSSR count). The summed E-state index contributed by atoms with van der Waals surface area (Å²) in [6.45, 7) is 0.321. The van der Waals surface area contributed by atoms with Crippen molar-refractivity contribution in [3.05, 3.63) is 108 Å². The molecule has 2 aromatic heterocycles. The highest BCUT2D eigenvalue weighted by Gasteiger charge is 2.36. The summed E-state index contributed by atoms with van der Waals surface area (Å²) in [7, 11) is -4.61. The monoisotopic (exact) mass is 730 g/mol. The molecule has 3 aromatic carbocycles. The van der Waals surface area contributed by atoms with Crippen LogP contribution < -0.4 is 15.2 Å². The highest BCUT2D eigenvalue weighted by Crippen LogP contribution is 2.38. The van der Waals surface area contributed by atoms with Gasteiger partial charge in [-0.25, -0.2) is 8.42 Å². The first-order valence-corrected chi connectivity index (χ1v) is 16.8. The Hall–Kier alpha value is -5.42. The number of sulfonamides is 1. The molecule has 0 saturated carbocycles. The fourth-order valence-corrected chi connectivity index (χ4v) is 7.06. The molecule has 1 aliphatic rings. The summed E-state index contributed by atoms with van der Waals surface area (Å²) in [4.78, 5) is 24.3. The van der Waals surface area contributed by atoms with Gasteiger partial charge < -0.3 is 15.4 Å². The van der Waals surface area contributed by atoms with Crippen LogP contribution in [-0.2, 0) is 22.7 Å². The minimum absolute atomic E-state index is 0.0554. The average molecular weight is 731 g/mol. The van der Waals surface area contributed by atoms with Gasteiger partial charge in [0.25, 0.3) is 15.9 Å². The zero-order valence-corrected chi connectivity index (χ0v) is 27.2. The van der Waals surface area contributed by atoms with E-state index >= 15 is 0 Å². The van der Waals surface area contributed by atoms with E-state index in [-0.39, 0.29) is 60.1 Å². The normalized spacial score (nSPS) is 14.4. The third kappa shape index (κ3) is 7.99. The minimum Gasteiger partial charge on any atom is -0.404 e. The topological polar surface area (TPSA) is 131 Å². The number of aromatic nitrogens is 2. The molecule has 0 spiro atoms. The molecule has 3 heterocycles. The molecule has 17 heteroatoms. The Labute approximate surface area is 287 Å². The van der Waals surface area contributed by atoms with E-state index in [0.29, 0.717) is 16.5 Å². The Morgan fingerprint density at radius 2 is 1.55 bits per heavy atom. The van der Waals surface area contributed by atoms with Gasteiger partial charge in [0.1, 0.15) is 0 Å². The first-order valence-electron chi connectivity index (χ1n) is 15.3. The second kappa shape index (κ2) is 13.7. The number of ether oxygens (including phenoxy) is 1. The molecule has 0 bridgehead atoms.